The van der Waals surface area contributed by atoms with Crippen molar-refractivity contribution >= 4 is 0 Å². The summed E-state index contributed by atoms with van der Waals surface area (Å²) in [7, 11) is 0. The second kappa shape index (κ2) is 5.34. The Kier molecular flexibility index (Phi) is 4.38. The molecule has 0 aliphatic rings. The molecule has 84 valence electrons. The lowest BCUT2D eigenvalue weighted by atomic mass is 9.93. The molecular formula is C15H24. The minimum absolute atomic E-state index is 0.641. The predicted molar refractivity (Wildman–Crippen MR) is 68.5 cm³/mol. The van der Waals surface area contributed by atoms with Crippen molar-refractivity contribution in [1.29, 1.82) is 0 Å². The molecule has 1 aromatic carbocycles. The maximum Gasteiger partial charge on any atom is -0.0219 e. The number of hydrogen-bond acceptors (Lipinski definition) is 0. The van der Waals surface area contributed by atoms with Gasteiger partial charge in [0, 0.05) is 0 Å². The van der Waals surface area contributed by atoms with Gasteiger partial charge in [-0.1, -0.05) is 52.8 Å². The van der Waals surface area contributed by atoms with E-state index in [1.807, 2.05) is 0 Å². The Morgan fingerprint density at radius 1 is 0.933 bits per heavy atom. The van der Waals surface area contributed by atoms with E-state index in [4.69, 9.17) is 0 Å². The Morgan fingerprint density at radius 3 is 2.00 bits per heavy atom. The molecule has 0 atom stereocenters. The molecule has 0 unspecified atom stereocenters. The summed E-state index contributed by atoms with van der Waals surface area (Å²) in [4.78, 5) is 0. The molecular weight excluding hydrogens is 180 g/mol. The molecule has 0 radical (unpaired) electrons. The summed E-state index contributed by atoms with van der Waals surface area (Å²) in [6.07, 6.45) is 2.35. The maximum absolute atomic E-state index is 2.38. The molecule has 15 heavy (non-hydrogen) atoms. The maximum atomic E-state index is 2.38. The fourth-order valence-corrected chi connectivity index (χ4v) is 1.92. The van der Waals surface area contributed by atoms with Crippen molar-refractivity contribution in [2.45, 2.75) is 53.4 Å². The summed E-state index contributed by atoms with van der Waals surface area (Å²) >= 11 is 0. The highest BCUT2D eigenvalue weighted by Crippen LogP contribution is 2.20. The summed E-state index contributed by atoms with van der Waals surface area (Å²) < 4.78 is 0. The van der Waals surface area contributed by atoms with E-state index < -0.39 is 0 Å². The van der Waals surface area contributed by atoms with Crippen molar-refractivity contribution in [2.75, 3.05) is 0 Å². The van der Waals surface area contributed by atoms with Gasteiger partial charge in [-0.05, 0) is 41.4 Å². The minimum atomic E-state index is 0.641. The van der Waals surface area contributed by atoms with Crippen LogP contribution in [0.15, 0.2) is 18.2 Å². The van der Waals surface area contributed by atoms with Crippen LogP contribution in [0.5, 0.6) is 0 Å². The second-order valence-electron chi connectivity index (χ2n) is 5.19. The zero-order valence-electron chi connectivity index (χ0n) is 10.8. The van der Waals surface area contributed by atoms with Crippen LogP contribution in [0.1, 0.15) is 57.2 Å². The van der Waals surface area contributed by atoms with E-state index in [2.05, 4.69) is 52.8 Å². The van der Waals surface area contributed by atoms with Gasteiger partial charge in [-0.2, -0.15) is 0 Å². The highest BCUT2D eigenvalue weighted by Gasteiger charge is 2.05. The largest absolute Gasteiger partial charge is 0.0625 e. The van der Waals surface area contributed by atoms with Crippen molar-refractivity contribution in [3.05, 3.63) is 34.9 Å². The molecule has 0 spiro atoms. The highest BCUT2D eigenvalue weighted by atomic mass is 14.1. The van der Waals surface area contributed by atoms with Crippen molar-refractivity contribution in [1.82, 2.24) is 0 Å². The monoisotopic (exact) mass is 204 g/mol. The Balaban J connectivity index is 3.00. The average molecular weight is 204 g/mol. The van der Waals surface area contributed by atoms with Crippen molar-refractivity contribution in [3.8, 4) is 0 Å². The molecule has 0 saturated carbocycles. The van der Waals surface area contributed by atoms with Crippen molar-refractivity contribution in [3.63, 3.8) is 0 Å². The first-order valence-corrected chi connectivity index (χ1v) is 6.15. The van der Waals surface area contributed by atoms with Gasteiger partial charge in [0.1, 0.15) is 0 Å². The molecule has 0 heterocycles. The highest BCUT2D eigenvalue weighted by molar-refractivity contribution is 5.32. The van der Waals surface area contributed by atoms with Gasteiger partial charge < -0.3 is 0 Å². The fourth-order valence-electron chi connectivity index (χ4n) is 1.92. The van der Waals surface area contributed by atoms with Crippen LogP contribution in [0.3, 0.4) is 0 Å². The van der Waals surface area contributed by atoms with Gasteiger partial charge in [0.15, 0.2) is 0 Å². The smallest absolute Gasteiger partial charge is 0.0219 e. The number of aryl methyl sites for hydroxylation is 1. The number of hydrogen-bond donors (Lipinski definition) is 0. The normalized spacial score (nSPS) is 11.4. The molecule has 0 saturated heterocycles. The van der Waals surface area contributed by atoms with E-state index in [-0.39, 0.29) is 0 Å². The molecule has 0 aromatic heterocycles. The van der Waals surface area contributed by atoms with E-state index in [1.54, 1.807) is 0 Å². The first kappa shape index (κ1) is 12.3. The molecule has 0 aliphatic heterocycles. The zero-order valence-corrected chi connectivity index (χ0v) is 10.8. The Morgan fingerprint density at radius 2 is 1.53 bits per heavy atom. The third-order valence-electron chi connectivity index (χ3n) is 2.79. The van der Waals surface area contributed by atoms with E-state index in [0.717, 1.165) is 12.3 Å². The summed E-state index contributed by atoms with van der Waals surface area (Å²) in [5.74, 6) is 1.39. The molecule has 0 heteroatoms. The average Bonchev–Trinajstić information content (AvgIpc) is 2.16. The number of rotatable bonds is 4. The van der Waals surface area contributed by atoms with Crippen LogP contribution in [-0.4, -0.2) is 0 Å². The number of benzene rings is 1. The van der Waals surface area contributed by atoms with E-state index >= 15 is 0 Å². The van der Waals surface area contributed by atoms with Gasteiger partial charge in [-0.25, -0.2) is 0 Å². The lowest BCUT2D eigenvalue weighted by Gasteiger charge is -2.12. The molecule has 0 N–H and O–H groups in total. The van der Waals surface area contributed by atoms with Gasteiger partial charge in [0.05, 0.1) is 0 Å². The molecule has 1 rings (SSSR count). The van der Waals surface area contributed by atoms with Crippen molar-refractivity contribution < 1.29 is 0 Å². The lowest BCUT2D eigenvalue weighted by Crippen LogP contribution is -1.98. The summed E-state index contributed by atoms with van der Waals surface area (Å²) in [6, 6.07) is 7.10. The van der Waals surface area contributed by atoms with Gasteiger partial charge in [0.25, 0.3) is 0 Å². The molecule has 1 aromatic rings. The summed E-state index contributed by atoms with van der Waals surface area (Å²) in [5, 5.41) is 0. The first-order chi connectivity index (χ1) is 7.02. The van der Waals surface area contributed by atoms with Crippen LogP contribution >= 0.6 is 0 Å². The van der Waals surface area contributed by atoms with Gasteiger partial charge in [-0.3, -0.25) is 0 Å². The Labute approximate surface area is 94.7 Å². The predicted octanol–water partition coefficient (Wildman–Crippen LogP) is 4.57. The second-order valence-corrected chi connectivity index (χ2v) is 5.19. The van der Waals surface area contributed by atoms with Crippen molar-refractivity contribution in [2.24, 2.45) is 5.92 Å². The third kappa shape index (κ3) is 3.70. The van der Waals surface area contributed by atoms with E-state index in [1.165, 1.54) is 23.1 Å². The quantitative estimate of drug-likeness (QED) is 0.674. The molecule has 0 aliphatic carbocycles. The van der Waals surface area contributed by atoms with Gasteiger partial charge in [-0.15, -0.1) is 0 Å². The van der Waals surface area contributed by atoms with Gasteiger partial charge in [0.2, 0.25) is 0 Å². The molecule has 0 nitrogen and oxygen atoms in total. The lowest BCUT2D eigenvalue weighted by molar-refractivity contribution is 0.645. The van der Waals surface area contributed by atoms with E-state index in [9.17, 15) is 0 Å². The fraction of sp³-hybridized carbons (Fsp3) is 0.600. The molecule has 0 fully saturated rings. The van der Waals surface area contributed by atoms with Crippen LogP contribution < -0.4 is 0 Å². The third-order valence-corrected chi connectivity index (χ3v) is 2.79. The summed E-state index contributed by atoms with van der Waals surface area (Å²) in [5.41, 5.74) is 4.48. The SMILES string of the molecule is CCc1cc(CC(C)C)cc(C(C)C)c1. The molecule has 0 bridgehead atoms. The minimum Gasteiger partial charge on any atom is -0.0625 e. The van der Waals surface area contributed by atoms with Crippen LogP contribution in [-0.2, 0) is 12.8 Å². The van der Waals surface area contributed by atoms with Crippen LogP contribution in [0.25, 0.3) is 0 Å². The zero-order chi connectivity index (χ0) is 11.4. The standard InChI is InChI=1S/C15H24/c1-6-13-8-14(7-11(2)3)10-15(9-13)12(4)5/h8-12H,6-7H2,1-5H3. The molecule has 0 amide bonds. The van der Waals surface area contributed by atoms with Crippen LogP contribution in [0.2, 0.25) is 0 Å². The Hall–Kier alpha value is -0.780. The first-order valence-electron chi connectivity index (χ1n) is 6.15. The van der Waals surface area contributed by atoms with Crippen LogP contribution in [0.4, 0.5) is 0 Å². The topological polar surface area (TPSA) is 0 Å². The Bertz CT molecular complexity index is 308. The van der Waals surface area contributed by atoms with Gasteiger partial charge >= 0.3 is 0 Å². The summed E-state index contributed by atoms with van der Waals surface area (Å²) in [6.45, 7) is 11.3. The van der Waals surface area contributed by atoms with Crippen LogP contribution in [0, 0.1) is 5.92 Å². The van der Waals surface area contributed by atoms with E-state index in [0.29, 0.717) is 5.92 Å².